The normalized spacial score (nSPS) is 11.5. The average Bonchev–Trinajstić information content (AvgIpc) is 3.19. The van der Waals surface area contributed by atoms with E-state index in [4.69, 9.17) is 0 Å². The molecule has 3 rings (SSSR count). The highest BCUT2D eigenvalue weighted by atomic mass is 32.2. The van der Waals surface area contributed by atoms with Gasteiger partial charge in [0.25, 0.3) is 0 Å². The van der Waals surface area contributed by atoms with Gasteiger partial charge in [-0.2, -0.15) is 4.31 Å². The molecule has 0 saturated carbocycles. The minimum atomic E-state index is -3.60. The van der Waals surface area contributed by atoms with E-state index in [1.807, 2.05) is 24.3 Å². The van der Waals surface area contributed by atoms with Crippen LogP contribution in [0.3, 0.4) is 0 Å². The number of hydrogen-bond donors (Lipinski definition) is 2. The Morgan fingerprint density at radius 1 is 1.06 bits per heavy atom. The Bertz CT molecular complexity index is 1160. The van der Waals surface area contributed by atoms with Gasteiger partial charge in [-0.1, -0.05) is 32.0 Å². The zero-order valence-electron chi connectivity index (χ0n) is 17.6. The van der Waals surface area contributed by atoms with E-state index < -0.39 is 10.0 Å². The molecule has 2 aromatic carbocycles. The highest BCUT2D eigenvalue weighted by Gasteiger charge is 2.21. The van der Waals surface area contributed by atoms with Crippen molar-refractivity contribution in [3.8, 4) is 11.4 Å². The van der Waals surface area contributed by atoms with Crippen molar-refractivity contribution in [2.75, 3.05) is 30.3 Å². The Kier molecular flexibility index (Phi) is 6.98. The van der Waals surface area contributed by atoms with Gasteiger partial charge in [0.15, 0.2) is 5.82 Å². The molecule has 11 heteroatoms. The molecule has 31 heavy (non-hydrogen) atoms. The number of sulfonamides is 1. The van der Waals surface area contributed by atoms with Gasteiger partial charge in [-0.05, 0) is 40.8 Å². The number of nitrogens with zero attached hydrogens (tertiary/aromatic N) is 5. The molecule has 0 aliphatic rings. The summed E-state index contributed by atoms with van der Waals surface area (Å²) in [5, 5.41) is 17.2. The van der Waals surface area contributed by atoms with Crippen LogP contribution in [0.4, 0.5) is 11.4 Å². The van der Waals surface area contributed by atoms with E-state index in [1.54, 1.807) is 37.7 Å². The summed E-state index contributed by atoms with van der Waals surface area (Å²) in [4.78, 5) is 12.5. The quantitative estimate of drug-likeness (QED) is 0.518. The van der Waals surface area contributed by atoms with E-state index in [-0.39, 0.29) is 17.3 Å². The molecule has 0 aliphatic carbocycles. The fraction of sp³-hybridized carbons (Fsp3) is 0.300. The second-order valence-corrected chi connectivity index (χ2v) is 8.66. The fourth-order valence-electron chi connectivity index (χ4n) is 3.08. The molecule has 2 N–H and O–H groups in total. The second kappa shape index (κ2) is 9.67. The van der Waals surface area contributed by atoms with Crippen LogP contribution in [0.15, 0.2) is 53.4 Å². The van der Waals surface area contributed by atoms with Crippen LogP contribution in [-0.2, 0) is 21.9 Å². The van der Waals surface area contributed by atoms with Crippen molar-refractivity contribution >= 4 is 27.3 Å². The van der Waals surface area contributed by atoms with Crippen molar-refractivity contribution < 1.29 is 13.2 Å². The first kappa shape index (κ1) is 22.4. The van der Waals surface area contributed by atoms with Gasteiger partial charge < -0.3 is 10.6 Å². The third-order valence-electron chi connectivity index (χ3n) is 4.65. The van der Waals surface area contributed by atoms with Crippen molar-refractivity contribution in [1.29, 1.82) is 0 Å². The van der Waals surface area contributed by atoms with Gasteiger partial charge in [0, 0.05) is 37.1 Å². The number of carbonyl (C=O) groups excluding carboxylic acids is 1. The predicted molar refractivity (Wildman–Crippen MR) is 118 cm³/mol. The highest BCUT2D eigenvalue weighted by molar-refractivity contribution is 7.89. The lowest BCUT2D eigenvalue weighted by atomic mass is 10.2. The maximum absolute atomic E-state index is 12.7. The van der Waals surface area contributed by atoms with Crippen molar-refractivity contribution in [3.63, 3.8) is 0 Å². The molecule has 1 heterocycles. The lowest BCUT2D eigenvalue weighted by Gasteiger charge is -2.19. The summed E-state index contributed by atoms with van der Waals surface area (Å²) in [6.07, 6.45) is 0. The number of rotatable bonds is 9. The van der Waals surface area contributed by atoms with Crippen LogP contribution in [0.25, 0.3) is 11.4 Å². The van der Waals surface area contributed by atoms with Crippen LogP contribution in [0.1, 0.15) is 13.8 Å². The van der Waals surface area contributed by atoms with Crippen molar-refractivity contribution in [2.45, 2.75) is 18.7 Å². The lowest BCUT2D eigenvalue weighted by molar-refractivity contribution is -0.114. The van der Waals surface area contributed by atoms with E-state index in [0.717, 1.165) is 11.3 Å². The maximum atomic E-state index is 12.7. The lowest BCUT2D eigenvalue weighted by Crippen LogP contribution is -2.30. The number of tetrazole rings is 1. The summed E-state index contributed by atoms with van der Waals surface area (Å²) in [6, 6.07) is 13.6. The SMILES string of the molecule is CCN(CC)S(=O)(=O)c1cccc(NC(=O)CNc2cccc(-c3nnnn3C)c2)c1. The molecule has 3 aromatic rings. The summed E-state index contributed by atoms with van der Waals surface area (Å²) in [7, 11) is -1.85. The summed E-state index contributed by atoms with van der Waals surface area (Å²) >= 11 is 0. The smallest absolute Gasteiger partial charge is 0.243 e. The van der Waals surface area contributed by atoms with Crippen molar-refractivity contribution in [3.05, 3.63) is 48.5 Å². The molecule has 0 saturated heterocycles. The van der Waals surface area contributed by atoms with E-state index >= 15 is 0 Å². The van der Waals surface area contributed by atoms with Crippen LogP contribution >= 0.6 is 0 Å². The van der Waals surface area contributed by atoms with E-state index in [0.29, 0.717) is 24.6 Å². The van der Waals surface area contributed by atoms with E-state index in [9.17, 15) is 13.2 Å². The minimum Gasteiger partial charge on any atom is -0.376 e. The molecule has 0 fully saturated rings. The standard InChI is InChI=1S/C20H25N7O3S/c1-4-27(5-2)31(29,30)18-11-7-10-17(13-18)22-19(28)14-21-16-9-6-8-15(12-16)20-23-24-25-26(20)3/h6-13,21H,4-5,14H2,1-3H3,(H,22,28). The van der Waals surface area contributed by atoms with Gasteiger partial charge >= 0.3 is 0 Å². The molecule has 0 bridgehead atoms. The van der Waals surface area contributed by atoms with Crippen LogP contribution in [-0.4, -0.2) is 58.5 Å². The number of anilines is 2. The summed E-state index contributed by atoms with van der Waals surface area (Å²) in [6.45, 7) is 4.33. The fourth-order valence-corrected chi connectivity index (χ4v) is 4.58. The Balaban J connectivity index is 1.65. The Labute approximate surface area is 181 Å². The average molecular weight is 444 g/mol. The van der Waals surface area contributed by atoms with Gasteiger partial charge in [0.05, 0.1) is 11.4 Å². The molecule has 0 aliphatic heterocycles. The van der Waals surface area contributed by atoms with Gasteiger partial charge in [-0.15, -0.1) is 5.10 Å². The molecular formula is C20H25N7O3S. The largest absolute Gasteiger partial charge is 0.376 e. The molecule has 0 radical (unpaired) electrons. The summed E-state index contributed by atoms with van der Waals surface area (Å²) in [5.74, 6) is 0.308. The number of aromatic nitrogens is 4. The third-order valence-corrected chi connectivity index (χ3v) is 6.70. The molecule has 0 atom stereocenters. The first-order chi connectivity index (χ1) is 14.8. The zero-order chi connectivity index (χ0) is 22.4. The third kappa shape index (κ3) is 5.25. The first-order valence-electron chi connectivity index (χ1n) is 9.82. The summed E-state index contributed by atoms with van der Waals surface area (Å²) in [5.41, 5.74) is 1.96. The number of benzene rings is 2. The van der Waals surface area contributed by atoms with E-state index in [2.05, 4.69) is 26.2 Å². The molecular weight excluding hydrogens is 418 g/mol. The van der Waals surface area contributed by atoms with Crippen LogP contribution in [0.5, 0.6) is 0 Å². The van der Waals surface area contributed by atoms with Gasteiger partial charge in [-0.3, -0.25) is 4.79 Å². The number of aryl methyl sites for hydroxylation is 1. The van der Waals surface area contributed by atoms with Crippen LogP contribution in [0.2, 0.25) is 0 Å². The van der Waals surface area contributed by atoms with Crippen molar-refractivity contribution in [1.82, 2.24) is 24.5 Å². The molecule has 1 aromatic heterocycles. The van der Waals surface area contributed by atoms with E-state index in [1.165, 1.54) is 16.4 Å². The predicted octanol–water partition coefficient (Wildman–Crippen LogP) is 1.96. The van der Waals surface area contributed by atoms with Gasteiger partial charge in [-0.25, -0.2) is 13.1 Å². The topological polar surface area (TPSA) is 122 Å². The monoisotopic (exact) mass is 443 g/mol. The van der Waals surface area contributed by atoms with Crippen LogP contribution < -0.4 is 10.6 Å². The second-order valence-electron chi connectivity index (χ2n) is 6.73. The molecule has 0 spiro atoms. The van der Waals surface area contributed by atoms with Gasteiger partial charge in [0.2, 0.25) is 15.9 Å². The van der Waals surface area contributed by atoms with Crippen molar-refractivity contribution in [2.24, 2.45) is 7.05 Å². The maximum Gasteiger partial charge on any atom is 0.243 e. The minimum absolute atomic E-state index is 0.00748. The number of carbonyl (C=O) groups is 1. The Morgan fingerprint density at radius 3 is 2.45 bits per heavy atom. The number of hydrogen-bond acceptors (Lipinski definition) is 7. The zero-order valence-corrected chi connectivity index (χ0v) is 18.4. The Hall–Kier alpha value is -3.31. The number of amides is 1. The van der Waals surface area contributed by atoms with Gasteiger partial charge in [0.1, 0.15) is 0 Å². The Morgan fingerprint density at radius 2 is 1.77 bits per heavy atom. The highest BCUT2D eigenvalue weighted by Crippen LogP contribution is 2.21. The molecule has 10 nitrogen and oxygen atoms in total. The molecule has 0 unspecified atom stereocenters. The molecule has 1 amide bonds. The van der Waals surface area contributed by atoms with Crippen LogP contribution in [0, 0.1) is 0 Å². The summed E-state index contributed by atoms with van der Waals surface area (Å²) < 4.78 is 28.3. The first-order valence-corrected chi connectivity index (χ1v) is 11.3. The number of nitrogens with one attached hydrogen (secondary N) is 2. The molecule has 164 valence electrons.